The number of hydrogen-bond acceptors (Lipinski definition) is 0. The van der Waals surface area contributed by atoms with Crippen LogP contribution < -0.4 is 5.19 Å². The summed E-state index contributed by atoms with van der Waals surface area (Å²) >= 11 is 0. The minimum atomic E-state index is -0.953. The molecular weight excluding hydrogens is 172 g/mol. The third-order valence-electron chi connectivity index (χ3n) is 1.98. The molecule has 1 heteroatoms. The van der Waals surface area contributed by atoms with Crippen LogP contribution in [0.3, 0.4) is 0 Å². The quantitative estimate of drug-likeness (QED) is 0.639. The Hall–Kier alpha value is -1.08. The molecule has 0 nitrogen and oxygen atoms in total. The molecule has 0 aliphatic heterocycles. The number of benzene rings is 1. The normalized spacial score (nSPS) is 14.0. The van der Waals surface area contributed by atoms with Crippen molar-refractivity contribution in [3.05, 3.63) is 53.9 Å². The summed E-state index contributed by atoms with van der Waals surface area (Å²) in [5, 5.41) is 1.48. The van der Waals surface area contributed by atoms with Crippen molar-refractivity contribution < 1.29 is 0 Å². The smallest absolute Gasteiger partial charge is 0.0951 e. The number of rotatable bonds is 3. The third kappa shape index (κ3) is 3.03. The summed E-state index contributed by atoms with van der Waals surface area (Å²) < 4.78 is 0. The largest absolute Gasteiger partial charge is 0.117 e. The lowest BCUT2D eigenvalue weighted by molar-refractivity contribution is 1.72. The average molecular weight is 188 g/mol. The van der Waals surface area contributed by atoms with Gasteiger partial charge in [0.2, 0.25) is 0 Å². The zero-order valence-electron chi connectivity index (χ0n) is 8.27. The van der Waals surface area contributed by atoms with Gasteiger partial charge < -0.3 is 0 Å². The van der Waals surface area contributed by atoms with Gasteiger partial charge in [0, 0.05) is 0 Å². The van der Waals surface area contributed by atoms with E-state index in [9.17, 15) is 0 Å². The van der Waals surface area contributed by atoms with E-state index in [1.807, 2.05) is 0 Å². The Labute approximate surface area is 82.2 Å². The first-order valence-corrected chi connectivity index (χ1v) is 6.60. The maximum absolute atomic E-state index is 2.34. The van der Waals surface area contributed by atoms with Gasteiger partial charge in [0.15, 0.2) is 0 Å². The molecule has 68 valence electrons. The van der Waals surface area contributed by atoms with Gasteiger partial charge in [-0.05, 0) is 13.8 Å². The maximum atomic E-state index is 2.34. The van der Waals surface area contributed by atoms with Crippen molar-refractivity contribution in [3.63, 3.8) is 0 Å². The summed E-state index contributed by atoms with van der Waals surface area (Å²) in [7, 11) is -0.953. The summed E-state index contributed by atoms with van der Waals surface area (Å²) in [5.74, 6) is 0. The third-order valence-corrected chi connectivity index (χ3v) is 4.74. The SMILES string of the molecule is CC=C[SiH](C=CC)c1ccccc1. The lowest BCUT2D eigenvalue weighted by atomic mass is 10.4. The molecule has 0 saturated heterocycles. The molecule has 1 aromatic carbocycles. The van der Waals surface area contributed by atoms with E-state index in [0.717, 1.165) is 0 Å². The molecule has 0 N–H and O–H groups in total. The Morgan fingerprint density at radius 2 is 1.46 bits per heavy atom. The summed E-state index contributed by atoms with van der Waals surface area (Å²) in [6, 6.07) is 10.7. The molecule has 1 aromatic rings. The summed E-state index contributed by atoms with van der Waals surface area (Å²) in [4.78, 5) is 0. The van der Waals surface area contributed by atoms with E-state index >= 15 is 0 Å². The Morgan fingerprint density at radius 3 is 1.92 bits per heavy atom. The Morgan fingerprint density at radius 1 is 0.923 bits per heavy atom. The van der Waals surface area contributed by atoms with Gasteiger partial charge in [-0.1, -0.05) is 59.1 Å². The van der Waals surface area contributed by atoms with Gasteiger partial charge in [0.1, 0.15) is 8.80 Å². The van der Waals surface area contributed by atoms with Gasteiger partial charge in [-0.2, -0.15) is 0 Å². The van der Waals surface area contributed by atoms with Crippen LogP contribution in [0.15, 0.2) is 53.9 Å². The van der Waals surface area contributed by atoms with E-state index in [0.29, 0.717) is 0 Å². The fourth-order valence-corrected chi connectivity index (χ4v) is 3.45. The van der Waals surface area contributed by atoms with E-state index in [1.165, 1.54) is 5.19 Å². The minimum absolute atomic E-state index is 0.953. The molecule has 0 amide bonds. The molecular formula is C12H16Si. The van der Waals surface area contributed by atoms with E-state index in [-0.39, 0.29) is 0 Å². The molecule has 0 saturated carbocycles. The highest BCUT2D eigenvalue weighted by Crippen LogP contribution is 1.92. The first kappa shape index (κ1) is 10.0. The second-order valence-corrected chi connectivity index (χ2v) is 5.48. The van der Waals surface area contributed by atoms with Gasteiger partial charge in [-0.15, -0.1) is 0 Å². The summed E-state index contributed by atoms with van der Waals surface area (Å²) in [6.07, 6.45) is 4.31. The molecule has 0 fully saturated rings. The molecule has 13 heavy (non-hydrogen) atoms. The van der Waals surface area contributed by atoms with Gasteiger partial charge in [0.25, 0.3) is 0 Å². The predicted molar refractivity (Wildman–Crippen MR) is 62.9 cm³/mol. The number of allylic oxidation sites excluding steroid dienone is 2. The number of hydrogen-bond donors (Lipinski definition) is 0. The topological polar surface area (TPSA) is 0 Å². The van der Waals surface area contributed by atoms with Gasteiger partial charge in [0.05, 0.1) is 0 Å². The van der Waals surface area contributed by atoms with Crippen LogP contribution in [0.2, 0.25) is 0 Å². The van der Waals surface area contributed by atoms with Crippen molar-refractivity contribution in [1.82, 2.24) is 0 Å². The predicted octanol–water partition coefficient (Wildman–Crippen LogP) is 2.35. The highest BCUT2D eigenvalue weighted by molar-refractivity contribution is 6.82. The zero-order chi connectivity index (χ0) is 9.52. The highest BCUT2D eigenvalue weighted by Gasteiger charge is 2.03. The lowest BCUT2D eigenvalue weighted by Gasteiger charge is -2.04. The van der Waals surface area contributed by atoms with E-state index < -0.39 is 8.80 Å². The molecule has 0 aromatic heterocycles. The highest BCUT2D eigenvalue weighted by atomic mass is 28.3. The minimum Gasteiger partial charge on any atom is -0.0951 e. The summed E-state index contributed by atoms with van der Waals surface area (Å²) in [5.41, 5.74) is 4.69. The summed E-state index contributed by atoms with van der Waals surface area (Å²) in [6.45, 7) is 4.18. The molecule has 0 aliphatic rings. The molecule has 0 radical (unpaired) electrons. The fraction of sp³-hybridized carbons (Fsp3) is 0.167. The second kappa shape index (κ2) is 5.54. The van der Waals surface area contributed by atoms with E-state index in [4.69, 9.17) is 0 Å². The monoisotopic (exact) mass is 188 g/mol. The lowest BCUT2D eigenvalue weighted by Crippen LogP contribution is -2.25. The van der Waals surface area contributed by atoms with Crippen LogP contribution in [0.1, 0.15) is 13.8 Å². The van der Waals surface area contributed by atoms with Gasteiger partial charge >= 0.3 is 0 Å². The Balaban J connectivity index is 2.88. The molecule has 0 atom stereocenters. The van der Waals surface area contributed by atoms with Crippen LogP contribution in [0.25, 0.3) is 0 Å². The van der Waals surface area contributed by atoms with Crippen molar-refractivity contribution in [2.24, 2.45) is 0 Å². The maximum Gasteiger partial charge on any atom is 0.117 e. The standard InChI is InChI=1S/C12H16Si/c1-3-10-13(11-4-2)12-8-6-5-7-9-12/h3-11,13H,1-2H3. The Bertz CT molecular complexity index is 273. The van der Waals surface area contributed by atoms with Crippen LogP contribution in [-0.4, -0.2) is 8.80 Å². The van der Waals surface area contributed by atoms with Gasteiger partial charge in [-0.3, -0.25) is 0 Å². The molecule has 1 rings (SSSR count). The van der Waals surface area contributed by atoms with Crippen molar-refractivity contribution in [2.75, 3.05) is 0 Å². The van der Waals surface area contributed by atoms with Crippen LogP contribution in [0.5, 0.6) is 0 Å². The van der Waals surface area contributed by atoms with Crippen LogP contribution in [-0.2, 0) is 0 Å². The Kier molecular flexibility index (Phi) is 4.26. The molecule has 0 unspecified atom stereocenters. The van der Waals surface area contributed by atoms with Crippen molar-refractivity contribution in [3.8, 4) is 0 Å². The van der Waals surface area contributed by atoms with Crippen molar-refractivity contribution in [1.29, 1.82) is 0 Å². The fourth-order valence-electron chi connectivity index (χ4n) is 1.38. The zero-order valence-corrected chi connectivity index (χ0v) is 9.43. The second-order valence-electron chi connectivity index (χ2n) is 2.99. The molecule has 0 spiro atoms. The molecule has 0 heterocycles. The van der Waals surface area contributed by atoms with Gasteiger partial charge in [-0.25, -0.2) is 0 Å². The average Bonchev–Trinajstić information content (AvgIpc) is 2.19. The van der Waals surface area contributed by atoms with Crippen LogP contribution >= 0.6 is 0 Å². The first-order valence-electron chi connectivity index (χ1n) is 4.69. The first-order chi connectivity index (χ1) is 6.38. The van der Waals surface area contributed by atoms with Crippen LogP contribution in [0, 0.1) is 0 Å². The molecule has 0 aliphatic carbocycles. The van der Waals surface area contributed by atoms with Crippen molar-refractivity contribution in [2.45, 2.75) is 13.8 Å². The van der Waals surface area contributed by atoms with Crippen molar-refractivity contribution >= 4 is 14.0 Å². The van der Waals surface area contributed by atoms with Crippen LogP contribution in [0.4, 0.5) is 0 Å². The van der Waals surface area contributed by atoms with E-state index in [2.05, 4.69) is 67.7 Å². The van der Waals surface area contributed by atoms with E-state index in [1.54, 1.807) is 0 Å². The molecule has 0 bridgehead atoms.